The minimum absolute atomic E-state index is 0.0880. The molecule has 0 saturated heterocycles. The highest BCUT2D eigenvalue weighted by Crippen LogP contribution is 2.16. The Morgan fingerprint density at radius 1 is 1.26 bits per heavy atom. The molecule has 0 unspecified atom stereocenters. The number of methoxy groups -OCH3 is 1. The van der Waals surface area contributed by atoms with Crippen LogP contribution in [0.5, 0.6) is 0 Å². The maximum atomic E-state index is 12.1. The van der Waals surface area contributed by atoms with E-state index in [1.54, 1.807) is 17.5 Å². The number of aryl methyl sites for hydroxylation is 1. The van der Waals surface area contributed by atoms with Crippen molar-refractivity contribution in [2.45, 2.75) is 12.8 Å². The number of esters is 1. The minimum atomic E-state index is -0.274. The second-order valence-electron chi connectivity index (χ2n) is 3.92. The van der Waals surface area contributed by atoms with Crippen LogP contribution in [-0.4, -0.2) is 23.8 Å². The monoisotopic (exact) mass is 275 g/mol. The molecule has 4 nitrogen and oxygen atoms in total. The number of rotatable bonds is 5. The van der Waals surface area contributed by atoms with E-state index in [1.807, 2.05) is 18.2 Å². The van der Waals surface area contributed by atoms with Crippen LogP contribution < -0.4 is 0 Å². The molecular formula is C14H13NO3S. The van der Waals surface area contributed by atoms with E-state index >= 15 is 0 Å². The zero-order chi connectivity index (χ0) is 13.7. The lowest BCUT2D eigenvalue weighted by Gasteiger charge is -1.97. The topological polar surface area (TPSA) is 56.3 Å². The molecule has 0 spiro atoms. The average molecular weight is 275 g/mol. The normalized spacial score (nSPS) is 10.2. The van der Waals surface area contributed by atoms with Crippen LogP contribution in [0.15, 0.2) is 35.7 Å². The summed E-state index contributed by atoms with van der Waals surface area (Å²) in [7, 11) is 1.35. The second-order valence-corrected chi connectivity index (χ2v) is 4.77. The Balaban J connectivity index is 2.05. The fourth-order valence-electron chi connectivity index (χ4n) is 1.57. The summed E-state index contributed by atoms with van der Waals surface area (Å²) >= 11 is 1.30. The molecule has 0 saturated carbocycles. The highest BCUT2D eigenvalue weighted by molar-refractivity contribution is 7.12. The molecule has 1 heterocycles. The lowest BCUT2D eigenvalue weighted by Crippen LogP contribution is -2.03. The number of benzene rings is 1. The summed E-state index contributed by atoms with van der Waals surface area (Å²) in [6, 6.07) is 9.02. The molecule has 2 rings (SSSR count). The number of carbonyl (C=O) groups is 2. The first-order valence-corrected chi connectivity index (χ1v) is 6.69. The Labute approximate surface area is 115 Å². The molecule has 0 atom stereocenters. The molecule has 0 aliphatic carbocycles. The van der Waals surface area contributed by atoms with Crippen LogP contribution in [0.1, 0.15) is 27.5 Å². The highest BCUT2D eigenvalue weighted by atomic mass is 32.1. The zero-order valence-electron chi connectivity index (χ0n) is 10.5. The van der Waals surface area contributed by atoms with Gasteiger partial charge in [0.05, 0.1) is 19.2 Å². The van der Waals surface area contributed by atoms with Gasteiger partial charge >= 0.3 is 5.97 Å². The number of ketones is 1. The van der Waals surface area contributed by atoms with Gasteiger partial charge in [-0.3, -0.25) is 9.59 Å². The molecule has 5 heteroatoms. The van der Waals surface area contributed by atoms with Gasteiger partial charge in [0.25, 0.3) is 0 Å². The van der Waals surface area contributed by atoms with Crippen molar-refractivity contribution in [3.8, 4) is 0 Å². The first kappa shape index (κ1) is 13.4. The van der Waals surface area contributed by atoms with Crippen molar-refractivity contribution in [3.63, 3.8) is 0 Å². The van der Waals surface area contributed by atoms with E-state index in [1.165, 1.54) is 18.4 Å². The summed E-state index contributed by atoms with van der Waals surface area (Å²) in [4.78, 5) is 27.4. The molecule has 0 radical (unpaired) electrons. The Bertz CT molecular complexity index is 577. The molecule has 1 aromatic carbocycles. The van der Waals surface area contributed by atoms with E-state index in [2.05, 4.69) is 9.72 Å². The van der Waals surface area contributed by atoms with Crippen LogP contribution in [0.4, 0.5) is 0 Å². The maximum Gasteiger partial charge on any atom is 0.305 e. The Morgan fingerprint density at radius 3 is 2.68 bits per heavy atom. The van der Waals surface area contributed by atoms with Gasteiger partial charge in [-0.25, -0.2) is 4.98 Å². The van der Waals surface area contributed by atoms with Gasteiger partial charge in [0, 0.05) is 17.4 Å². The first-order chi connectivity index (χ1) is 9.20. The van der Waals surface area contributed by atoms with Crippen molar-refractivity contribution < 1.29 is 14.3 Å². The molecule has 19 heavy (non-hydrogen) atoms. The second kappa shape index (κ2) is 6.24. The van der Waals surface area contributed by atoms with Crippen molar-refractivity contribution in [2.75, 3.05) is 7.11 Å². The molecule has 1 aromatic heterocycles. The fraction of sp³-hybridized carbons (Fsp3) is 0.214. The van der Waals surface area contributed by atoms with Crippen LogP contribution >= 0.6 is 11.3 Å². The van der Waals surface area contributed by atoms with Crippen LogP contribution in [0.3, 0.4) is 0 Å². The standard InChI is InChI=1S/C14H13NO3S/c1-18-12(16)8-7-11-9-19-14(15-11)13(17)10-5-3-2-4-6-10/h2-6,9H,7-8H2,1H3. The first-order valence-electron chi connectivity index (χ1n) is 5.81. The molecule has 0 aliphatic rings. The smallest absolute Gasteiger partial charge is 0.305 e. The summed E-state index contributed by atoms with van der Waals surface area (Å²) in [5.74, 6) is -0.362. The molecule has 0 aliphatic heterocycles. The van der Waals surface area contributed by atoms with Crippen molar-refractivity contribution in [2.24, 2.45) is 0 Å². The number of aromatic nitrogens is 1. The van der Waals surface area contributed by atoms with Gasteiger partial charge in [0.1, 0.15) is 0 Å². The van der Waals surface area contributed by atoms with Crippen molar-refractivity contribution in [1.82, 2.24) is 4.98 Å². The van der Waals surface area contributed by atoms with E-state index in [-0.39, 0.29) is 18.2 Å². The molecule has 98 valence electrons. The van der Waals surface area contributed by atoms with Gasteiger partial charge in [-0.2, -0.15) is 0 Å². The van der Waals surface area contributed by atoms with Crippen LogP contribution in [0, 0.1) is 0 Å². The van der Waals surface area contributed by atoms with Crippen molar-refractivity contribution in [3.05, 3.63) is 52.0 Å². The summed E-state index contributed by atoms with van der Waals surface area (Å²) in [5, 5.41) is 2.25. The molecule has 0 fully saturated rings. The van der Waals surface area contributed by atoms with Crippen LogP contribution in [0.2, 0.25) is 0 Å². The summed E-state index contributed by atoms with van der Waals surface area (Å²) < 4.78 is 4.57. The molecule has 0 bridgehead atoms. The number of carbonyl (C=O) groups excluding carboxylic acids is 2. The van der Waals surface area contributed by atoms with Gasteiger partial charge in [-0.05, 0) is 0 Å². The van der Waals surface area contributed by atoms with Gasteiger partial charge < -0.3 is 4.74 Å². The molecule has 2 aromatic rings. The van der Waals surface area contributed by atoms with Gasteiger partial charge in [-0.1, -0.05) is 30.3 Å². The lowest BCUT2D eigenvalue weighted by atomic mass is 10.1. The molecule has 0 amide bonds. The van der Waals surface area contributed by atoms with Crippen molar-refractivity contribution >= 4 is 23.1 Å². The van der Waals surface area contributed by atoms with E-state index in [0.29, 0.717) is 17.0 Å². The SMILES string of the molecule is COC(=O)CCc1csc(C(=O)c2ccccc2)n1. The van der Waals surface area contributed by atoms with E-state index < -0.39 is 0 Å². The Hall–Kier alpha value is -2.01. The highest BCUT2D eigenvalue weighted by Gasteiger charge is 2.13. The predicted octanol–water partition coefficient (Wildman–Crippen LogP) is 2.48. The number of nitrogens with zero attached hydrogens (tertiary/aromatic N) is 1. The summed E-state index contributed by atoms with van der Waals surface area (Å²) in [6.45, 7) is 0. The van der Waals surface area contributed by atoms with Gasteiger partial charge in [0.2, 0.25) is 5.78 Å². The zero-order valence-corrected chi connectivity index (χ0v) is 11.3. The Morgan fingerprint density at radius 2 is 2.00 bits per heavy atom. The van der Waals surface area contributed by atoms with Gasteiger partial charge in [0.15, 0.2) is 5.01 Å². The Kier molecular flexibility index (Phi) is 4.41. The summed E-state index contributed by atoms with van der Waals surface area (Å²) in [5.41, 5.74) is 1.37. The number of ether oxygens (including phenoxy) is 1. The van der Waals surface area contributed by atoms with E-state index in [4.69, 9.17) is 0 Å². The van der Waals surface area contributed by atoms with Crippen LogP contribution in [0.25, 0.3) is 0 Å². The average Bonchev–Trinajstić information content (AvgIpc) is 2.93. The fourth-order valence-corrected chi connectivity index (χ4v) is 2.38. The lowest BCUT2D eigenvalue weighted by molar-refractivity contribution is -0.140. The summed E-state index contributed by atoms with van der Waals surface area (Å²) in [6.07, 6.45) is 0.768. The quantitative estimate of drug-likeness (QED) is 0.621. The largest absolute Gasteiger partial charge is 0.469 e. The number of hydrogen-bond donors (Lipinski definition) is 0. The van der Waals surface area contributed by atoms with Crippen molar-refractivity contribution in [1.29, 1.82) is 0 Å². The minimum Gasteiger partial charge on any atom is -0.469 e. The third-order valence-corrected chi connectivity index (χ3v) is 3.48. The van der Waals surface area contributed by atoms with Gasteiger partial charge in [-0.15, -0.1) is 11.3 Å². The molecular weight excluding hydrogens is 262 g/mol. The molecule has 0 N–H and O–H groups in total. The number of hydrogen-bond acceptors (Lipinski definition) is 5. The van der Waals surface area contributed by atoms with E-state index in [0.717, 1.165) is 5.69 Å². The maximum absolute atomic E-state index is 12.1. The van der Waals surface area contributed by atoms with Crippen LogP contribution in [-0.2, 0) is 16.0 Å². The third kappa shape index (κ3) is 3.48. The number of thiazole rings is 1. The predicted molar refractivity (Wildman–Crippen MR) is 72.3 cm³/mol. The van der Waals surface area contributed by atoms with E-state index in [9.17, 15) is 9.59 Å². The third-order valence-electron chi connectivity index (χ3n) is 2.59.